The van der Waals surface area contributed by atoms with E-state index >= 15 is 4.11 Å². The van der Waals surface area contributed by atoms with Crippen molar-refractivity contribution < 1.29 is 23.5 Å². The van der Waals surface area contributed by atoms with Gasteiger partial charge in [-0.15, -0.1) is 0 Å². The Balaban J connectivity index is 1.39. The molecule has 0 unspecified atom stereocenters. The molecule has 9 heteroatoms. The van der Waals surface area contributed by atoms with Crippen molar-refractivity contribution in [1.29, 1.82) is 0 Å². The minimum Gasteiger partial charge on any atom is -0.399 e. The summed E-state index contributed by atoms with van der Waals surface area (Å²) in [7, 11) is -3.22. The van der Waals surface area contributed by atoms with E-state index in [1.807, 2.05) is 43.3 Å². The Bertz CT molecular complexity index is 1380. The zero-order chi connectivity index (χ0) is 27.9. The molecule has 2 aliphatic rings. The van der Waals surface area contributed by atoms with Crippen LogP contribution in [0.25, 0.3) is 0 Å². The number of nitrogen functional groups attached to an aromatic ring is 1. The van der Waals surface area contributed by atoms with Crippen molar-refractivity contribution in [3.63, 3.8) is 0 Å². The largest absolute Gasteiger partial charge is 0.399 e. The summed E-state index contributed by atoms with van der Waals surface area (Å²) in [6, 6.07) is 21.6. The molecule has 204 valence electrons. The van der Waals surface area contributed by atoms with Crippen LogP contribution in [0.15, 0.2) is 72.8 Å². The number of para-hydroxylation sites is 1. The van der Waals surface area contributed by atoms with Crippen LogP contribution in [0.5, 0.6) is 0 Å². The fraction of sp³-hybridized carbons (Fsp3) is 0.333. The van der Waals surface area contributed by atoms with E-state index in [9.17, 15) is 14.7 Å². The van der Waals surface area contributed by atoms with Crippen LogP contribution >= 0.6 is 0 Å². The number of fused-ring (bicyclic) bond motifs is 2. The maximum absolute atomic E-state index is 15.6. The lowest BCUT2D eigenvalue weighted by atomic mass is 9.82. The number of rotatable bonds is 7. The Morgan fingerprint density at radius 2 is 1.77 bits per heavy atom. The first-order chi connectivity index (χ1) is 18.6. The van der Waals surface area contributed by atoms with E-state index in [0.717, 1.165) is 16.8 Å². The summed E-state index contributed by atoms with van der Waals surface area (Å²) in [5, 5.41) is 12.5. The molecule has 2 aliphatic heterocycles. The average molecular weight is 548 g/mol. The van der Waals surface area contributed by atoms with Gasteiger partial charge in [-0.05, 0) is 67.5 Å². The highest BCUT2D eigenvalue weighted by molar-refractivity contribution is 6.72. The van der Waals surface area contributed by atoms with Gasteiger partial charge in [0.1, 0.15) is 0 Å². The molecule has 3 aromatic carbocycles. The summed E-state index contributed by atoms with van der Waals surface area (Å²) >= 11 is 0. The Morgan fingerprint density at radius 1 is 1.10 bits per heavy atom. The van der Waals surface area contributed by atoms with Crippen LogP contribution in [0.2, 0.25) is 18.6 Å². The van der Waals surface area contributed by atoms with Crippen molar-refractivity contribution in [3.8, 4) is 0 Å². The second-order valence-corrected chi connectivity index (χ2v) is 14.8. The van der Waals surface area contributed by atoms with E-state index in [2.05, 4.69) is 5.32 Å². The molecule has 0 bridgehead atoms. The highest BCUT2D eigenvalue weighted by atomic mass is 28.4. The number of nitrogens with one attached hydrogen (secondary N) is 1. The van der Waals surface area contributed by atoms with E-state index in [-0.39, 0.29) is 30.8 Å². The normalized spacial score (nSPS) is 24.3. The number of halogens is 1. The number of amides is 2. The molecule has 4 N–H and O–H groups in total. The topological polar surface area (TPSA) is 105 Å². The fourth-order valence-corrected chi connectivity index (χ4v) is 8.81. The van der Waals surface area contributed by atoms with Gasteiger partial charge in [-0.1, -0.05) is 37.3 Å². The molecule has 5 rings (SSSR count). The number of carbonyl (C=O) groups excluding carboxylic acids is 2. The molecule has 1 fully saturated rings. The highest BCUT2D eigenvalue weighted by Crippen LogP contribution is 2.60. The predicted molar refractivity (Wildman–Crippen MR) is 153 cm³/mol. The molecule has 2 heterocycles. The first kappa shape index (κ1) is 27.0. The lowest BCUT2D eigenvalue weighted by Gasteiger charge is -2.31. The van der Waals surface area contributed by atoms with Gasteiger partial charge < -0.3 is 29.9 Å². The van der Waals surface area contributed by atoms with Gasteiger partial charge in [0.25, 0.3) is 11.8 Å². The van der Waals surface area contributed by atoms with Crippen molar-refractivity contribution in [1.82, 2.24) is 0 Å². The predicted octanol–water partition coefficient (Wildman–Crippen LogP) is 5.23. The van der Waals surface area contributed by atoms with Crippen LogP contribution in [-0.4, -0.2) is 38.0 Å². The quantitative estimate of drug-likeness (QED) is 0.214. The van der Waals surface area contributed by atoms with Crippen molar-refractivity contribution >= 4 is 37.3 Å². The molecule has 4 atom stereocenters. The number of hydrogen-bond acceptors (Lipinski definition) is 5. The van der Waals surface area contributed by atoms with E-state index in [4.69, 9.17) is 10.5 Å². The van der Waals surface area contributed by atoms with Crippen molar-refractivity contribution in [3.05, 3.63) is 89.5 Å². The number of nitrogens with zero attached hydrogens (tertiary/aromatic N) is 1. The Kier molecular flexibility index (Phi) is 7.09. The number of hydrogen-bond donors (Lipinski definition) is 3. The molecular weight excluding hydrogens is 513 g/mol. The van der Waals surface area contributed by atoms with Crippen LogP contribution in [-0.2, 0) is 21.7 Å². The minimum atomic E-state index is -3.22. The Hall–Kier alpha value is -3.53. The van der Waals surface area contributed by atoms with Crippen LogP contribution in [0.1, 0.15) is 34.8 Å². The molecule has 7 nitrogen and oxygen atoms in total. The summed E-state index contributed by atoms with van der Waals surface area (Å²) in [5.74, 6) is -0.835. The smallest absolute Gasteiger partial charge is 0.264 e. The summed E-state index contributed by atoms with van der Waals surface area (Å²) < 4.78 is 22.1. The Labute approximate surface area is 229 Å². The summed E-state index contributed by atoms with van der Waals surface area (Å²) in [5.41, 5.74) is 8.07. The summed E-state index contributed by atoms with van der Waals surface area (Å²) in [6.07, 6.45) is -0.242. The average Bonchev–Trinajstić information content (AvgIpc) is 3.32. The molecule has 1 spiro atoms. The first-order valence-electron chi connectivity index (χ1n) is 13.2. The second kappa shape index (κ2) is 10.2. The van der Waals surface area contributed by atoms with Crippen LogP contribution in [0.4, 0.5) is 21.2 Å². The standard InChI is InChI=1S/C30H34FN3O4Si/c1-19-27(39(2,3)31)26(16-17-35)38-30(19)24-6-4-5-7-25(24)34(29(30)37)18-20-8-14-23(15-9-20)33-28(36)21-10-12-22(32)13-11-21/h4-15,19,26-27,35H,16-18,32H2,1-3H3,(H,33,36)/t19-,26+,27-,30+/m0/s1. The van der Waals surface area contributed by atoms with Crippen molar-refractivity contribution in [2.24, 2.45) is 5.92 Å². The van der Waals surface area contributed by atoms with Gasteiger partial charge >= 0.3 is 0 Å². The van der Waals surface area contributed by atoms with Gasteiger partial charge in [0, 0.05) is 40.6 Å². The molecule has 1 saturated heterocycles. The van der Waals surface area contributed by atoms with Crippen molar-refractivity contribution in [2.75, 3.05) is 22.6 Å². The maximum Gasteiger partial charge on any atom is 0.264 e. The molecule has 0 aliphatic carbocycles. The maximum atomic E-state index is 15.6. The third-order valence-corrected chi connectivity index (χ3v) is 10.5. The number of aliphatic hydroxyl groups excluding tert-OH is 1. The van der Waals surface area contributed by atoms with Gasteiger partial charge in [0.15, 0.2) is 5.60 Å². The first-order valence-corrected chi connectivity index (χ1v) is 16.2. The van der Waals surface area contributed by atoms with E-state index in [1.54, 1.807) is 54.4 Å². The van der Waals surface area contributed by atoms with Crippen LogP contribution < -0.4 is 16.0 Å². The molecule has 0 aromatic heterocycles. The zero-order valence-corrected chi connectivity index (χ0v) is 23.4. The third kappa shape index (κ3) is 4.75. The van der Waals surface area contributed by atoms with Gasteiger partial charge in [-0.2, -0.15) is 0 Å². The number of benzene rings is 3. The number of anilines is 3. The van der Waals surface area contributed by atoms with Gasteiger partial charge in [-0.3, -0.25) is 9.59 Å². The van der Waals surface area contributed by atoms with Crippen molar-refractivity contribution in [2.45, 2.75) is 50.2 Å². The number of carbonyl (C=O) groups is 2. The molecule has 3 aromatic rings. The monoisotopic (exact) mass is 547 g/mol. The molecule has 0 radical (unpaired) electrons. The van der Waals surface area contributed by atoms with E-state index < -0.39 is 25.7 Å². The van der Waals surface area contributed by atoms with Gasteiger partial charge in [-0.25, -0.2) is 0 Å². The Morgan fingerprint density at radius 3 is 2.41 bits per heavy atom. The third-order valence-electron chi connectivity index (χ3n) is 8.01. The molecular formula is C30H34FN3O4Si. The van der Waals surface area contributed by atoms with E-state index in [1.165, 1.54) is 0 Å². The minimum absolute atomic E-state index is 0.130. The fourth-order valence-electron chi connectivity index (χ4n) is 6.27. The number of ether oxygens (including phenoxy) is 1. The van der Waals surface area contributed by atoms with E-state index in [0.29, 0.717) is 23.5 Å². The zero-order valence-electron chi connectivity index (χ0n) is 22.4. The molecule has 2 amide bonds. The SMILES string of the molecule is C[C@H]1[C@H]([Si](C)(C)F)[C@@H](CCO)O[C@]12C(=O)N(Cc1ccc(NC(=O)c3ccc(N)cc3)cc1)c1ccccc12. The lowest BCUT2D eigenvalue weighted by Crippen LogP contribution is -2.45. The summed E-state index contributed by atoms with van der Waals surface area (Å²) in [6.45, 7) is 5.38. The molecule has 0 saturated carbocycles. The van der Waals surface area contributed by atoms with Gasteiger partial charge in [0.05, 0.1) is 18.3 Å². The van der Waals surface area contributed by atoms with Gasteiger partial charge in [0.2, 0.25) is 8.41 Å². The molecule has 39 heavy (non-hydrogen) atoms. The lowest BCUT2D eigenvalue weighted by molar-refractivity contribution is -0.146. The van der Waals surface area contributed by atoms with Crippen LogP contribution in [0, 0.1) is 5.92 Å². The second-order valence-electron chi connectivity index (χ2n) is 11.0. The van der Waals surface area contributed by atoms with Crippen LogP contribution in [0.3, 0.4) is 0 Å². The number of nitrogens with two attached hydrogens (primary N) is 1. The summed E-state index contributed by atoms with van der Waals surface area (Å²) in [4.78, 5) is 28.4. The number of aliphatic hydroxyl groups is 1. The highest BCUT2D eigenvalue weighted by Gasteiger charge is 2.66.